The Labute approximate surface area is 245 Å². The molecule has 0 aliphatic carbocycles. The topological polar surface area (TPSA) is 111 Å². The number of hydrogen-bond donors (Lipinski definition) is 1. The van der Waals surface area contributed by atoms with Crippen LogP contribution in [0.25, 0.3) is 0 Å². The van der Waals surface area contributed by atoms with E-state index in [2.05, 4.69) is 26.2 Å². The summed E-state index contributed by atoms with van der Waals surface area (Å²) in [5, 5.41) is 3.18. The summed E-state index contributed by atoms with van der Waals surface area (Å²) in [5.74, 6) is -0.379. The fraction of sp³-hybridized carbons (Fsp3) is 0.346. The van der Waals surface area contributed by atoms with Crippen molar-refractivity contribution < 1.29 is 22.7 Å². The van der Waals surface area contributed by atoms with E-state index in [-0.39, 0.29) is 42.2 Å². The zero-order valence-electron chi connectivity index (χ0n) is 21.3. The minimum absolute atomic E-state index is 0.0561. The van der Waals surface area contributed by atoms with E-state index < -0.39 is 21.5 Å². The Morgan fingerprint density at radius 1 is 1.13 bits per heavy atom. The number of imidazole rings is 1. The first-order chi connectivity index (χ1) is 18.5. The summed E-state index contributed by atoms with van der Waals surface area (Å²) < 4.78 is 34.3. The normalized spacial score (nSPS) is 16.8. The number of benzene rings is 2. The number of aromatic nitrogens is 2. The third kappa shape index (κ3) is 6.26. The molecule has 9 nitrogen and oxygen atoms in total. The number of amides is 2. The number of nitrogens with zero attached hydrogens (tertiary/aromatic N) is 3. The molecule has 1 aliphatic heterocycles. The van der Waals surface area contributed by atoms with Crippen LogP contribution in [0.2, 0.25) is 10.0 Å². The lowest BCUT2D eigenvalue weighted by atomic mass is 9.92. The highest BCUT2D eigenvalue weighted by atomic mass is 79.9. The number of alkyl carbamates (subject to hydrolysis) is 1. The highest BCUT2D eigenvalue weighted by Gasteiger charge is 2.51. The summed E-state index contributed by atoms with van der Waals surface area (Å²) >= 11 is 15.9. The van der Waals surface area contributed by atoms with E-state index >= 15 is 0 Å². The average molecular weight is 658 g/mol. The third-order valence-electron chi connectivity index (χ3n) is 6.34. The van der Waals surface area contributed by atoms with Crippen LogP contribution in [0.15, 0.2) is 58.2 Å². The van der Waals surface area contributed by atoms with Crippen molar-refractivity contribution in [1.29, 1.82) is 0 Å². The molecule has 0 spiro atoms. The van der Waals surface area contributed by atoms with Gasteiger partial charge < -0.3 is 10.1 Å². The molecule has 0 saturated heterocycles. The fourth-order valence-corrected chi connectivity index (χ4v) is 6.89. The first-order valence-electron chi connectivity index (χ1n) is 12.2. The first-order valence-corrected chi connectivity index (χ1v) is 15.4. The Morgan fingerprint density at radius 2 is 1.79 bits per heavy atom. The molecule has 1 unspecified atom stereocenters. The SMILES string of the molecule is CCOC(=O)NCCCCS(=O)(=O)c1cnc2n1C(C)(Cc1ccc(Br)cc1)C(=O)N2c1cc(Cl)cc(Cl)c1. The van der Waals surface area contributed by atoms with E-state index in [4.69, 9.17) is 27.9 Å². The van der Waals surface area contributed by atoms with Crippen molar-refractivity contribution in [3.05, 3.63) is 68.7 Å². The van der Waals surface area contributed by atoms with Crippen molar-refractivity contribution in [3.63, 3.8) is 0 Å². The Morgan fingerprint density at radius 3 is 2.44 bits per heavy atom. The Kier molecular flexibility index (Phi) is 8.95. The van der Waals surface area contributed by atoms with E-state index in [1.807, 2.05) is 24.3 Å². The highest BCUT2D eigenvalue weighted by molar-refractivity contribution is 9.10. The molecule has 0 radical (unpaired) electrons. The zero-order valence-corrected chi connectivity index (χ0v) is 25.2. The molecule has 1 aliphatic rings. The van der Waals surface area contributed by atoms with Crippen molar-refractivity contribution in [2.24, 2.45) is 0 Å². The standard InChI is InChI=1S/C26H27BrCl2N4O5S/c1-3-38-25(35)30-10-4-5-11-39(36,37)22-16-31-24-32(21-13-19(28)12-20(29)14-21)23(34)26(2,33(22)24)15-17-6-8-18(27)9-7-17/h6-9,12-14,16H,3-5,10-11,15H2,1-2H3,(H,30,35). The van der Waals surface area contributed by atoms with Gasteiger partial charge in [-0.3, -0.25) is 9.36 Å². The van der Waals surface area contributed by atoms with Crippen LogP contribution in [0.1, 0.15) is 32.3 Å². The average Bonchev–Trinajstić information content (AvgIpc) is 3.39. The molecular weight excluding hydrogens is 631 g/mol. The first kappa shape index (κ1) is 29.4. The van der Waals surface area contributed by atoms with Gasteiger partial charge in [0, 0.05) is 27.5 Å². The second kappa shape index (κ2) is 11.9. The second-order valence-corrected chi connectivity index (χ2v) is 13.1. The van der Waals surface area contributed by atoms with E-state index in [9.17, 15) is 18.0 Å². The lowest BCUT2D eigenvalue weighted by Crippen LogP contribution is -2.42. The van der Waals surface area contributed by atoms with Crippen molar-refractivity contribution in [2.45, 2.75) is 43.7 Å². The molecule has 0 bridgehead atoms. The Hall–Kier alpha value is -2.60. The van der Waals surface area contributed by atoms with Crippen LogP contribution in [-0.4, -0.2) is 48.9 Å². The van der Waals surface area contributed by atoms with Crippen LogP contribution in [0, 0.1) is 0 Å². The number of halogens is 3. The number of carbonyl (C=O) groups is 2. The Balaban J connectivity index is 1.69. The molecule has 2 heterocycles. The lowest BCUT2D eigenvalue weighted by molar-refractivity contribution is -0.124. The number of hydrogen-bond acceptors (Lipinski definition) is 6. The molecule has 2 amide bonds. The smallest absolute Gasteiger partial charge is 0.407 e. The van der Waals surface area contributed by atoms with Gasteiger partial charge in [-0.2, -0.15) is 0 Å². The van der Waals surface area contributed by atoms with Crippen molar-refractivity contribution in [2.75, 3.05) is 23.8 Å². The predicted octanol–water partition coefficient (Wildman–Crippen LogP) is 5.89. The van der Waals surface area contributed by atoms with Crippen LogP contribution < -0.4 is 10.2 Å². The summed E-state index contributed by atoms with van der Waals surface area (Å²) in [4.78, 5) is 31.3. The van der Waals surface area contributed by atoms with Crippen LogP contribution in [-0.2, 0) is 31.3 Å². The lowest BCUT2D eigenvalue weighted by Gasteiger charge is -2.26. The molecule has 208 valence electrons. The maximum Gasteiger partial charge on any atom is 0.407 e. The van der Waals surface area contributed by atoms with Crippen LogP contribution in [0.4, 0.5) is 16.4 Å². The van der Waals surface area contributed by atoms with Gasteiger partial charge in [0.1, 0.15) is 5.54 Å². The summed E-state index contributed by atoms with van der Waals surface area (Å²) in [6, 6.07) is 12.2. The van der Waals surface area contributed by atoms with Gasteiger partial charge in [-0.15, -0.1) is 0 Å². The number of sulfone groups is 1. The molecule has 2 aromatic carbocycles. The van der Waals surface area contributed by atoms with E-state index in [1.54, 1.807) is 32.0 Å². The molecule has 39 heavy (non-hydrogen) atoms. The maximum absolute atomic E-state index is 14.1. The number of nitrogens with one attached hydrogen (secondary N) is 1. The zero-order chi connectivity index (χ0) is 28.4. The minimum atomic E-state index is -3.85. The highest BCUT2D eigenvalue weighted by Crippen LogP contribution is 2.44. The molecule has 1 N–H and O–H groups in total. The van der Waals surface area contributed by atoms with Gasteiger partial charge in [-0.1, -0.05) is 51.3 Å². The molecule has 0 fully saturated rings. The monoisotopic (exact) mass is 656 g/mol. The fourth-order valence-electron chi connectivity index (χ4n) is 4.55. The van der Waals surface area contributed by atoms with E-state index in [0.717, 1.165) is 10.0 Å². The Bertz CT molecular complexity index is 1480. The summed E-state index contributed by atoms with van der Waals surface area (Å²) in [6.07, 6.45) is 1.69. The summed E-state index contributed by atoms with van der Waals surface area (Å²) in [7, 11) is -3.85. The van der Waals surface area contributed by atoms with E-state index in [1.165, 1.54) is 15.7 Å². The number of fused-ring (bicyclic) bond motifs is 1. The van der Waals surface area contributed by atoms with Crippen molar-refractivity contribution in [1.82, 2.24) is 14.9 Å². The number of rotatable bonds is 10. The molecule has 0 saturated carbocycles. The summed E-state index contributed by atoms with van der Waals surface area (Å²) in [6.45, 7) is 3.94. The molecule has 4 rings (SSSR count). The van der Waals surface area contributed by atoms with Gasteiger partial charge in [0.2, 0.25) is 5.95 Å². The minimum Gasteiger partial charge on any atom is -0.450 e. The van der Waals surface area contributed by atoms with Gasteiger partial charge >= 0.3 is 6.09 Å². The van der Waals surface area contributed by atoms with Crippen molar-refractivity contribution in [3.8, 4) is 0 Å². The summed E-state index contributed by atoms with van der Waals surface area (Å²) in [5.41, 5.74) is -0.0755. The quantitative estimate of drug-likeness (QED) is 0.272. The maximum atomic E-state index is 14.1. The van der Waals surface area contributed by atoms with Crippen LogP contribution in [0.5, 0.6) is 0 Å². The van der Waals surface area contributed by atoms with Crippen LogP contribution >= 0.6 is 39.1 Å². The van der Waals surface area contributed by atoms with Crippen LogP contribution in [0.3, 0.4) is 0 Å². The van der Waals surface area contributed by atoms with Gasteiger partial charge in [0.05, 0.1) is 24.2 Å². The van der Waals surface area contributed by atoms with Gasteiger partial charge in [0.15, 0.2) is 14.9 Å². The van der Waals surface area contributed by atoms with Gasteiger partial charge in [-0.05, 0) is 62.6 Å². The number of ether oxygens (including phenoxy) is 1. The molecule has 13 heteroatoms. The third-order valence-corrected chi connectivity index (χ3v) is 9.06. The molecule has 1 aromatic heterocycles. The van der Waals surface area contributed by atoms with E-state index in [0.29, 0.717) is 28.6 Å². The molecule has 1 atom stereocenters. The molecular formula is C26H27BrCl2N4O5S. The number of carbonyl (C=O) groups excluding carboxylic acids is 2. The number of unbranched alkanes of at least 4 members (excludes halogenated alkanes) is 1. The van der Waals surface area contributed by atoms with Crippen molar-refractivity contribution >= 4 is 72.6 Å². The van der Waals surface area contributed by atoms with Gasteiger partial charge in [0.25, 0.3) is 5.91 Å². The number of anilines is 2. The van der Waals surface area contributed by atoms with Gasteiger partial charge in [-0.25, -0.2) is 23.1 Å². The predicted molar refractivity (Wildman–Crippen MR) is 154 cm³/mol. The largest absolute Gasteiger partial charge is 0.450 e. The second-order valence-electron chi connectivity index (χ2n) is 9.25. The molecule has 3 aromatic rings.